The number of carbonyl (C=O) groups is 6. The summed E-state index contributed by atoms with van der Waals surface area (Å²) in [5.41, 5.74) is -1.85. The van der Waals surface area contributed by atoms with Crippen LogP contribution < -0.4 is 0 Å². The summed E-state index contributed by atoms with van der Waals surface area (Å²) in [6, 6.07) is 0. The van der Waals surface area contributed by atoms with E-state index in [2.05, 4.69) is 0 Å². The first-order valence-corrected chi connectivity index (χ1v) is 17.0. The van der Waals surface area contributed by atoms with Crippen LogP contribution in [0.1, 0.15) is 122 Å². The maximum Gasteiger partial charge on any atom is 0.312 e. The molecule has 2 bridgehead atoms. The number of carboxylic acids is 1. The highest BCUT2D eigenvalue weighted by Gasteiger charge is 2.70. The molecule has 12 nitrogen and oxygen atoms in total. The zero-order chi connectivity index (χ0) is 37.6. The van der Waals surface area contributed by atoms with Crippen LogP contribution in [0.4, 0.5) is 0 Å². The number of esters is 5. The Kier molecular flexibility index (Phi) is 14.7. The van der Waals surface area contributed by atoms with Crippen molar-refractivity contribution in [3.63, 3.8) is 0 Å². The molecular formula is C36H60O12. The van der Waals surface area contributed by atoms with Gasteiger partial charge >= 0.3 is 35.8 Å². The monoisotopic (exact) mass is 684 g/mol. The zero-order valence-electron chi connectivity index (χ0n) is 31.5. The average Bonchev–Trinajstić information content (AvgIpc) is 3.60. The van der Waals surface area contributed by atoms with Crippen molar-refractivity contribution in [1.82, 2.24) is 0 Å². The largest absolute Gasteiger partial charge is 0.481 e. The first kappa shape index (κ1) is 42.8. The number of methoxy groups -OCH3 is 1. The molecule has 0 spiro atoms. The molecule has 0 aromatic carbocycles. The number of ether oxygens (including phenoxy) is 5. The van der Waals surface area contributed by atoms with Crippen molar-refractivity contribution in [3.8, 4) is 0 Å². The van der Waals surface area contributed by atoms with Gasteiger partial charge in [-0.05, 0) is 94.9 Å². The number of aliphatic carboxylic acids is 1. The van der Waals surface area contributed by atoms with E-state index in [0.29, 0.717) is 19.3 Å². The van der Waals surface area contributed by atoms with Gasteiger partial charge in [-0.25, -0.2) is 0 Å². The summed E-state index contributed by atoms with van der Waals surface area (Å²) in [5, 5.41) is 8.47. The van der Waals surface area contributed by atoms with E-state index < -0.39 is 52.9 Å². The van der Waals surface area contributed by atoms with Gasteiger partial charge in [0, 0.05) is 11.8 Å². The van der Waals surface area contributed by atoms with Crippen LogP contribution in [0.25, 0.3) is 0 Å². The molecule has 0 aromatic heterocycles. The van der Waals surface area contributed by atoms with Crippen LogP contribution in [0.5, 0.6) is 0 Å². The molecular weight excluding hydrogens is 624 g/mol. The molecule has 0 amide bonds. The first-order valence-electron chi connectivity index (χ1n) is 17.0. The lowest BCUT2D eigenvalue weighted by Crippen LogP contribution is -2.45. The summed E-state index contributed by atoms with van der Waals surface area (Å²) < 4.78 is 26.2. The van der Waals surface area contributed by atoms with E-state index in [1.807, 2.05) is 69.2 Å². The van der Waals surface area contributed by atoms with Gasteiger partial charge in [-0.3, -0.25) is 28.8 Å². The second-order valence-corrected chi connectivity index (χ2v) is 15.9. The Morgan fingerprint density at radius 1 is 0.812 bits per heavy atom. The summed E-state index contributed by atoms with van der Waals surface area (Å²) in [7, 11) is 1.31. The third-order valence-electron chi connectivity index (χ3n) is 9.74. The van der Waals surface area contributed by atoms with Crippen molar-refractivity contribution in [1.29, 1.82) is 0 Å². The van der Waals surface area contributed by atoms with E-state index in [-0.39, 0.29) is 53.1 Å². The molecule has 3 fully saturated rings. The molecule has 7 unspecified atom stereocenters. The van der Waals surface area contributed by atoms with Crippen molar-refractivity contribution in [2.75, 3.05) is 7.11 Å². The molecule has 3 rings (SSSR count). The van der Waals surface area contributed by atoms with Crippen molar-refractivity contribution in [3.05, 3.63) is 0 Å². The molecule has 2 aliphatic carbocycles. The Morgan fingerprint density at radius 2 is 1.29 bits per heavy atom. The fourth-order valence-corrected chi connectivity index (χ4v) is 5.37. The van der Waals surface area contributed by atoms with Gasteiger partial charge in [-0.15, -0.1) is 0 Å². The fraction of sp³-hybridized carbons (Fsp3) is 0.833. The Balaban J connectivity index is 0.000000387. The van der Waals surface area contributed by atoms with Crippen LogP contribution in [-0.4, -0.2) is 71.9 Å². The highest BCUT2D eigenvalue weighted by Crippen LogP contribution is 2.59. The Hall–Kier alpha value is -3.18. The fourth-order valence-electron chi connectivity index (χ4n) is 5.37. The topological polar surface area (TPSA) is 169 Å². The van der Waals surface area contributed by atoms with Crippen LogP contribution in [0, 0.1) is 39.9 Å². The van der Waals surface area contributed by atoms with E-state index in [1.54, 1.807) is 20.8 Å². The number of carboxylic acid groups (broad SMARTS) is 1. The van der Waals surface area contributed by atoms with Crippen LogP contribution in [0.15, 0.2) is 0 Å². The van der Waals surface area contributed by atoms with Gasteiger partial charge in [0.1, 0.15) is 23.9 Å². The Bertz CT molecular complexity index is 1180. The molecule has 3 aliphatic rings. The molecule has 0 aromatic rings. The molecule has 276 valence electrons. The van der Waals surface area contributed by atoms with E-state index in [9.17, 15) is 28.8 Å². The second kappa shape index (κ2) is 16.5. The number of hydrogen-bond donors (Lipinski definition) is 1. The lowest BCUT2D eigenvalue weighted by Gasteiger charge is -2.32. The number of carbonyl (C=O) groups excluding carboxylic acids is 5. The molecule has 1 saturated heterocycles. The first-order chi connectivity index (χ1) is 21.8. The molecule has 0 radical (unpaired) electrons. The lowest BCUT2D eigenvalue weighted by atomic mass is 9.78. The number of rotatable bonds is 11. The van der Waals surface area contributed by atoms with Crippen LogP contribution in [0.3, 0.4) is 0 Å². The van der Waals surface area contributed by atoms with Crippen LogP contribution in [0.2, 0.25) is 0 Å². The lowest BCUT2D eigenvalue weighted by molar-refractivity contribution is -0.173. The van der Waals surface area contributed by atoms with E-state index in [1.165, 1.54) is 7.11 Å². The SMILES string of the molecule is CCC(C)(C)C(=O)OC(C)(C)C.CCC(C)(C)C(=O)OC(C)CC(=O)O.CCC(C)(C)C(=O)OC1C2CC3C1OC(=O)C3C2C(=O)OC. The summed E-state index contributed by atoms with van der Waals surface area (Å²) in [6.45, 7) is 24.1. The van der Waals surface area contributed by atoms with E-state index in [0.717, 1.165) is 6.42 Å². The van der Waals surface area contributed by atoms with Gasteiger partial charge in [0.2, 0.25) is 0 Å². The minimum atomic E-state index is -0.959. The number of hydrogen-bond acceptors (Lipinski definition) is 11. The quantitative estimate of drug-likeness (QED) is 0.202. The Labute approximate surface area is 286 Å². The van der Waals surface area contributed by atoms with Crippen LogP contribution in [-0.2, 0) is 52.5 Å². The predicted molar refractivity (Wildman–Crippen MR) is 176 cm³/mol. The van der Waals surface area contributed by atoms with Gasteiger partial charge in [-0.1, -0.05) is 20.8 Å². The second-order valence-electron chi connectivity index (χ2n) is 15.9. The molecule has 7 atom stereocenters. The molecule has 1 N–H and O–H groups in total. The molecule has 1 heterocycles. The standard InChI is InChI=1S/C16H22O6.C10H18O4.C10H20O2/c1-5-16(2,3)15(19)22-12-7-6-8-10(9(7)13(17)20-4)14(18)21-11(8)12;1-5-10(3,4)9(13)14-7(2)6-8(11)12;1-7-10(5,6)8(11)12-9(2,3)4/h7-12H,5-6H2,1-4H3;7H,5-6H2,1-4H3,(H,11,12);7H2,1-6H3. The van der Waals surface area contributed by atoms with Crippen LogP contribution >= 0.6 is 0 Å². The smallest absolute Gasteiger partial charge is 0.312 e. The third kappa shape index (κ3) is 10.9. The average molecular weight is 685 g/mol. The summed E-state index contributed by atoms with van der Waals surface area (Å²) in [5.74, 6) is -3.70. The van der Waals surface area contributed by atoms with Gasteiger partial charge in [0.15, 0.2) is 0 Å². The van der Waals surface area contributed by atoms with E-state index >= 15 is 0 Å². The third-order valence-corrected chi connectivity index (χ3v) is 9.74. The number of fused-ring (bicyclic) bond motifs is 1. The molecule has 12 heteroatoms. The molecule has 2 saturated carbocycles. The summed E-state index contributed by atoms with van der Waals surface area (Å²) >= 11 is 0. The maximum absolute atomic E-state index is 12.4. The van der Waals surface area contributed by atoms with Crippen molar-refractivity contribution < 1.29 is 57.6 Å². The normalized spacial score (nSPS) is 24.9. The van der Waals surface area contributed by atoms with Gasteiger partial charge in [-0.2, -0.15) is 0 Å². The van der Waals surface area contributed by atoms with Gasteiger partial charge in [0.05, 0.1) is 41.6 Å². The summed E-state index contributed by atoms with van der Waals surface area (Å²) in [4.78, 5) is 69.7. The predicted octanol–water partition coefficient (Wildman–Crippen LogP) is 5.91. The highest BCUT2D eigenvalue weighted by atomic mass is 16.6. The maximum atomic E-state index is 12.4. The minimum absolute atomic E-state index is 0.0378. The van der Waals surface area contributed by atoms with E-state index in [4.69, 9.17) is 28.8 Å². The molecule has 48 heavy (non-hydrogen) atoms. The minimum Gasteiger partial charge on any atom is -0.481 e. The molecule has 1 aliphatic heterocycles. The summed E-state index contributed by atoms with van der Waals surface area (Å²) in [6.07, 6.45) is 1.16. The highest BCUT2D eigenvalue weighted by molar-refractivity contribution is 5.86. The van der Waals surface area contributed by atoms with Gasteiger partial charge < -0.3 is 28.8 Å². The van der Waals surface area contributed by atoms with Crippen molar-refractivity contribution in [2.24, 2.45) is 39.9 Å². The van der Waals surface area contributed by atoms with Gasteiger partial charge in [0.25, 0.3) is 0 Å². The zero-order valence-corrected chi connectivity index (χ0v) is 31.5. The van der Waals surface area contributed by atoms with Crippen molar-refractivity contribution in [2.45, 2.75) is 146 Å². The van der Waals surface area contributed by atoms with Crippen molar-refractivity contribution >= 4 is 35.8 Å². The Morgan fingerprint density at radius 3 is 1.73 bits per heavy atom.